The second-order valence-electron chi connectivity index (χ2n) is 14.1. The maximum absolute atomic E-state index is 2.46. The fourth-order valence-corrected chi connectivity index (χ4v) is 8.07. The van der Waals surface area contributed by atoms with Gasteiger partial charge in [-0.05, 0) is 102 Å². The van der Waals surface area contributed by atoms with Gasteiger partial charge in [-0.1, -0.05) is 188 Å². The molecule has 0 spiro atoms. The highest BCUT2D eigenvalue weighted by Gasteiger charge is 2.22. The Morgan fingerprint density at radius 3 is 1.49 bits per heavy atom. The quantitative estimate of drug-likeness (QED) is 0.160. The first kappa shape index (κ1) is 32.4. The van der Waals surface area contributed by atoms with Gasteiger partial charge in [-0.2, -0.15) is 0 Å². The summed E-state index contributed by atoms with van der Waals surface area (Å²) in [6, 6.07) is 81.7. The molecule has 0 saturated carbocycles. The van der Waals surface area contributed by atoms with Crippen molar-refractivity contribution in [2.45, 2.75) is 0 Å². The van der Waals surface area contributed by atoms with Crippen molar-refractivity contribution in [3.63, 3.8) is 0 Å². The van der Waals surface area contributed by atoms with Gasteiger partial charge in [0, 0.05) is 16.8 Å². The van der Waals surface area contributed by atoms with Crippen molar-refractivity contribution in [1.82, 2.24) is 0 Å². The summed E-state index contributed by atoms with van der Waals surface area (Å²) in [5, 5.41) is 7.43. The lowest BCUT2D eigenvalue weighted by atomic mass is 9.93. The van der Waals surface area contributed by atoms with Gasteiger partial charge in [0.15, 0.2) is 0 Å². The van der Waals surface area contributed by atoms with E-state index in [4.69, 9.17) is 0 Å². The predicted molar refractivity (Wildman–Crippen MR) is 235 cm³/mol. The molecule has 0 saturated heterocycles. The summed E-state index contributed by atoms with van der Waals surface area (Å²) in [5.74, 6) is 0. The molecule has 0 amide bonds. The Morgan fingerprint density at radius 2 is 0.727 bits per heavy atom. The van der Waals surface area contributed by atoms with Gasteiger partial charge in [0.25, 0.3) is 0 Å². The molecule has 0 aliphatic heterocycles. The molecule has 0 aliphatic rings. The van der Waals surface area contributed by atoms with Crippen molar-refractivity contribution in [2.75, 3.05) is 4.90 Å². The molecule has 10 aromatic rings. The van der Waals surface area contributed by atoms with Crippen molar-refractivity contribution in [1.29, 1.82) is 0 Å². The zero-order valence-corrected chi connectivity index (χ0v) is 30.3. The van der Waals surface area contributed by atoms with Gasteiger partial charge in [0.1, 0.15) is 0 Å². The van der Waals surface area contributed by atoms with Crippen LogP contribution in [0.5, 0.6) is 0 Å². The second-order valence-corrected chi connectivity index (χ2v) is 14.1. The summed E-state index contributed by atoms with van der Waals surface area (Å²) < 4.78 is 0. The summed E-state index contributed by atoms with van der Waals surface area (Å²) in [6.07, 6.45) is 0. The zero-order valence-electron chi connectivity index (χ0n) is 30.3. The van der Waals surface area contributed by atoms with E-state index in [0.29, 0.717) is 0 Å². The molecule has 0 fully saturated rings. The number of benzene rings is 10. The summed E-state index contributed by atoms with van der Waals surface area (Å²) in [4.78, 5) is 2.46. The van der Waals surface area contributed by atoms with Gasteiger partial charge in [-0.25, -0.2) is 0 Å². The average Bonchev–Trinajstić information content (AvgIpc) is 3.26. The molecule has 0 atom stereocenters. The van der Waals surface area contributed by atoms with Crippen molar-refractivity contribution in [2.24, 2.45) is 0 Å². The van der Waals surface area contributed by atoms with Crippen LogP contribution in [-0.2, 0) is 0 Å². The molecule has 0 aliphatic carbocycles. The smallest absolute Gasteiger partial charge is 0.0546 e. The molecular formula is C54H37N. The minimum absolute atomic E-state index is 1.09. The van der Waals surface area contributed by atoms with Gasteiger partial charge in [0.2, 0.25) is 0 Å². The molecule has 10 aromatic carbocycles. The molecule has 10 rings (SSSR count). The van der Waals surface area contributed by atoms with Crippen LogP contribution in [0.3, 0.4) is 0 Å². The van der Waals surface area contributed by atoms with Crippen molar-refractivity contribution < 1.29 is 0 Å². The third kappa shape index (κ3) is 6.12. The number of nitrogens with zero attached hydrogens (tertiary/aromatic N) is 1. The lowest BCUT2D eigenvalue weighted by Gasteiger charge is -2.30. The van der Waals surface area contributed by atoms with Crippen molar-refractivity contribution in [3.05, 3.63) is 224 Å². The second kappa shape index (κ2) is 14.0. The normalized spacial score (nSPS) is 11.3. The molecule has 0 radical (unpaired) electrons. The number of anilines is 3. The Bertz CT molecular complexity index is 2970. The van der Waals surface area contributed by atoms with E-state index in [1.165, 1.54) is 71.3 Å². The predicted octanol–water partition coefficient (Wildman–Crippen LogP) is 15.3. The largest absolute Gasteiger partial charge is 0.309 e. The molecule has 0 heterocycles. The molecule has 0 bridgehead atoms. The van der Waals surface area contributed by atoms with E-state index < -0.39 is 0 Å². The summed E-state index contributed by atoms with van der Waals surface area (Å²) in [6.45, 7) is 0. The van der Waals surface area contributed by atoms with Crippen LogP contribution in [0.25, 0.3) is 76.8 Å². The van der Waals surface area contributed by atoms with E-state index in [0.717, 1.165) is 22.6 Å². The van der Waals surface area contributed by atoms with Crippen LogP contribution in [0.15, 0.2) is 224 Å². The van der Waals surface area contributed by atoms with Gasteiger partial charge in [0.05, 0.1) is 11.4 Å². The third-order valence-corrected chi connectivity index (χ3v) is 10.8. The monoisotopic (exact) mass is 699 g/mol. The molecule has 0 aromatic heterocycles. The SMILES string of the molecule is c1ccc(-c2ccccc2N(c2ccc(-c3cccc4ccccc34)cc2)c2cc(-c3ccc4ccccc4c3)ccc2-c2ccc3ccccc3c2)cc1. The van der Waals surface area contributed by atoms with Crippen LogP contribution in [0, 0.1) is 0 Å². The van der Waals surface area contributed by atoms with Crippen LogP contribution < -0.4 is 4.90 Å². The van der Waals surface area contributed by atoms with Gasteiger partial charge >= 0.3 is 0 Å². The first-order valence-corrected chi connectivity index (χ1v) is 18.9. The van der Waals surface area contributed by atoms with E-state index in [1.54, 1.807) is 0 Å². The van der Waals surface area contributed by atoms with Gasteiger partial charge in [-0.15, -0.1) is 0 Å². The number of para-hydroxylation sites is 1. The molecule has 1 nitrogen and oxygen atoms in total. The maximum Gasteiger partial charge on any atom is 0.0546 e. The minimum atomic E-state index is 1.09. The first-order valence-electron chi connectivity index (χ1n) is 18.9. The third-order valence-electron chi connectivity index (χ3n) is 10.8. The Labute approximate surface area is 322 Å². The number of rotatable bonds is 7. The number of hydrogen-bond donors (Lipinski definition) is 0. The zero-order chi connectivity index (χ0) is 36.6. The summed E-state index contributed by atoms with van der Waals surface area (Å²) in [7, 11) is 0. The fourth-order valence-electron chi connectivity index (χ4n) is 8.07. The van der Waals surface area contributed by atoms with E-state index >= 15 is 0 Å². The van der Waals surface area contributed by atoms with Crippen LogP contribution >= 0.6 is 0 Å². The lowest BCUT2D eigenvalue weighted by molar-refractivity contribution is 1.28. The van der Waals surface area contributed by atoms with Crippen molar-refractivity contribution >= 4 is 49.4 Å². The maximum atomic E-state index is 2.46. The topological polar surface area (TPSA) is 3.24 Å². The lowest BCUT2D eigenvalue weighted by Crippen LogP contribution is -2.12. The molecular weight excluding hydrogens is 663 g/mol. The summed E-state index contributed by atoms with van der Waals surface area (Å²) >= 11 is 0. The highest BCUT2D eigenvalue weighted by molar-refractivity contribution is 6.00. The van der Waals surface area contributed by atoms with Gasteiger partial charge in [-0.3, -0.25) is 0 Å². The Morgan fingerprint density at radius 1 is 0.236 bits per heavy atom. The Kier molecular flexibility index (Phi) is 8.24. The number of hydrogen-bond acceptors (Lipinski definition) is 1. The minimum Gasteiger partial charge on any atom is -0.309 e. The van der Waals surface area contributed by atoms with Crippen molar-refractivity contribution in [3.8, 4) is 44.5 Å². The molecule has 55 heavy (non-hydrogen) atoms. The van der Waals surface area contributed by atoms with E-state index in [1.807, 2.05) is 0 Å². The van der Waals surface area contributed by atoms with Crippen LogP contribution in [0.4, 0.5) is 17.1 Å². The Balaban J connectivity index is 1.22. The van der Waals surface area contributed by atoms with E-state index in [9.17, 15) is 0 Å². The summed E-state index contributed by atoms with van der Waals surface area (Å²) in [5.41, 5.74) is 12.8. The molecule has 0 N–H and O–H groups in total. The first-order chi connectivity index (χ1) is 27.3. The standard InChI is InChI=1S/C54H37N/c1-2-15-41(16-3-1)51-22-10-11-24-53(51)55(48-32-29-42(30-33-48)50-23-12-20-40-17-8-9-21-49(40)50)54-37-46(45-27-25-38-13-4-6-18-43(38)35-45)31-34-52(54)47-28-26-39-14-5-7-19-44(39)36-47/h1-37H. The van der Waals surface area contributed by atoms with Crippen LogP contribution in [-0.4, -0.2) is 0 Å². The molecule has 1 heteroatoms. The Hall–Kier alpha value is -7.22. The molecule has 0 unspecified atom stereocenters. The fraction of sp³-hybridized carbons (Fsp3) is 0. The van der Waals surface area contributed by atoms with Crippen LogP contribution in [0.1, 0.15) is 0 Å². The average molecular weight is 700 g/mol. The molecule has 258 valence electrons. The van der Waals surface area contributed by atoms with E-state index in [-0.39, 0.29) is 0 Å². The highest BCUT2D eigenvalue weighted by atomic mass is 15.1. The van der Waals surface area contributed by atoms with Crippen LogP contribution in [0.2, 0.25) is 0 Å². The highest BCUT2D eigenvalue weighted by Crippen LogP contribution is 2.47. The van der Waals surface area contributed by atoms with Gasteiger partial charge < -0.3 is 4.90 Å². The van der Waals surface area contributed by atoms with E-state index in [2.05, 4.69) is 229 Å². The number of fused-ring (bicyclic) bond motifs is 3.